The fourth-order valence-corrected chi connectivity index (χ4v) is 2.33. The molecule has 1 rings (SSSR count). The summed E-state index contributed by atoms with van der Waals surface area (Å²) in [6, 6.07) is 8.06. The molecule has 1 aromatic rings. The molecule has 0 heterocycles. The molecular formula is C15H24O2S. The van der Waals surface area contributed by atoms with Gasteiger partial charge >= 0.3 is 0 Å². The Labute approximate surface area is 115 Å². The Morgan fingerprint density at radius 1 is 1.22 bits per heavy atom. The molecule has 1 aromatic carbocycles. The minimum absolute atomic E-state index is 0.396. The van der Waals surface area contributed by atoms with Gasteiger partial charge in [-0.2, -0.15) is 0 Å². The molecule has 102 valence electrons. The van der Waals surface area contributed by atoms with E-state index in [9.17, 15) is 5.11 Å². The zero-order valence-corrected chi connectivity index (χ0v) is 12.4. The summed E-state index contributed by atoms with van der Waals surface area (Å²) in [4.78, 5) is 1.20. The maximum Gasteiger partial charge on any atom is 0.0762 e. The van der Waals surface area contributed by atoms with Crippen LogP contribution in [0.2, 0.25) is 0 Å². The molecular weight excluding hydrogens is 244 g/mol. The minimum Gasteiger partial charge on any atom is -0.389 e. The van der Waals surface area contributed by atoms with Gasteiger partial charge in [-0.15, -0.1) is 11.8 Å². The van der Waals surface area contributed by atoms with Gasteiger partial charge in [-0.3, -0.25) is 0 Å². The van der Waals surface area contributed by atoms with Crippen LogP contribution in [-0.4, -0.2) is 24.1 Å². The summed E-state index contributed by atoms with van der Waals surface area (Å²) in [5.74, 6) is 1.67. The van der Waals surface area contributed by atoms with E-state index in [1.54, 1.807) is 18.7 Å². The first-order valence-corrected chi connectivity index (χ1v) is 7.56. The monoisotopic (exact) mass is 268 g/mol. The molecule has 1 unspecified atom stereocenters. The number of benzene rings is 1. The van der Waals surface area contributed by atoms with E-state index in [1.165, 1.54) is 4.90 Å². The smallest absolute Gasteiger partial charge is 0.0762 e. The van der Waals surface area contributed by atoms with Gasteiger partial charge in [0.25, 0.3) is 0 Å². The Morgan fingerprint density at radius 3 is 2.67 bits per heavy atom. The third-order valence-electron chi connectivity index (χ3n) is 2.68. The Morgan fingerprint density at radius 2 is 2.00 bits per heavy atom. The van der Waals surface area contributed by atoms with E-state index < -0.39 is 6.10 Å². The van der Waals surface area contributed by atoms with E-state index in [0.717, 1.165) is 31.0 Å². The minimum atomic E-state index is -0.396. The van der Waals surface area contributed by atoms with Crippen molar-refractivity contribution in [3.8, 4) is 0 Å². The average molecular weight is 268 g/mol. The van der Waals surface area contributed by atoms with Crippen LogP contribution >= 0.6 is 11.8 Å². The summed E-state index contributed by atoms with van der Waals surface area (Å²) in [6.07, 6.45) is 0.732. The van der Waals surface area contributed by atoms with Crippen molar-refractivity contribution in [2.75, 3.05) is 19.0 Å². The summed E-state index contributed by atoms with van der Waals surface area (Å²) >= 11 is 1.77. The van der Waals surface area contributed by atoms with E-state index in [1.807, 2.05) is 18.2 Å². The van der Waals surface area contributed by atoms with Crippen LogP contribution in [0.15, 0.2) is 29.2 Å². The Kier molecular flexibility index (Phi) is 7.40. The Bertz CT molecular complexity index is 337. The maximum atomic E-state index is 9.51. The summed E-state index contributed by atoms with van der Waals surface area (Å²) in [5, 5.41) is 9.51. The summed E-state index contributed by atoms with van der Waals surface area (Å²) in [5.41, 5.74) is 0.973. The van der Waals surface area contributed by atoms with Gasteiger partial charge in [-0.25, -0.2) is 0 Å². The van der Waals surface area contributed by atoms with E-state index >= 15 is 0 Å². The number of aliphatic hydroxyl groups excluding tert-OH is 1. The van der Waals surface area contributed by atoms with Gasteiger partial charge in [0.2, 0.25) is 0 Å². The van der Waals surface area contributed by atoms with Crippen molar-refractivity contribution in [1.29, 1.82) is 0 Å². The molecule has 0 aliphatic heterocycles. The van der Waals surface area contributed by atoms with Gasteiger partial charge in [0.05, 0.1) is 12.7 Å². The first kappa shape index (κ1) is 15.5. The van der Waals surface area contributed by atoms with Gasteiger partial charge in [-0.1, -0.05) is 26.0 Å². The van der Waals surface area contributed by atoms with Crippen molar-refractivity contribution in [3.05, 3.63) is 29.8 Å². The van der Waals surface area contributed by atoms with Crippen LogP contribution in [0.3, 0.4) is 0 Å². The van der Waals surface area contributed by atoms with Crippen LogP contribution in [0, 0.1) is 5.92 Å². The molecule has 0 saturated heterocycles. The second kappa shape index (κ2) is 8.57. The standard InChI is InChI=1S/C15H24O2S/c1-12(2)7-8-17-9-10-18-15-6-4-5-14(11-15)13(3)16/h4-6,11-13,16H,7-10H2,1-3H3. The van der Waals surface area contributed by atoms with E-state index in [4.69, 9.17) is 4.74 Å². The lowest BCUT2D eigenvalue weighted by Crippen LogP contribution is -2.02. The zero-order valence-electron chi connectivity index (χ0n) is 11.6. The number of hydrogen-bond acceptors (Lipinski definition) is 3. The van der Waals surface area contributed by atoms with E-state index in [-0.39, 0.29) is 0 Å². The highest BCUT2D eigenvalue weighted by molar-refractivity contribution is 7.99. The number of thioether (sulfide) groups is 1. The van der Waals surface area contributed by atoms with Crippen LogP contribution in [0.1, 0.15) is 38.9 Å². The van der Waals surface area contributed by atoms with Crippen molar-refractivity contribution < 1.29 is 9.84 Å². The molecule has 1 atom stereocenters. The highest BCUT2D eigenvalue weighted by Gasteiger charge is 2.02. The van der Waals surface area contributed by atoms with E-state index in [0.29, 0.717) is 5.92 Å². The molecule has 0 saturated carbocycles. The Balaban J connectivity index is 2.21. The molecule has 0 fully saturated rings. The molecule has 2 nitrogen and oxygen atoms in total. The molecule has 3 heteroatoms. The number of hydrogen-bond donors (Lipinski definition) is 1. The largest absolute Gasteiger partial charge is 0.389 e. The second-order valence-electron chi connectivity index (χ2n) is 4.89. The first-order valence-electron chi connectivity index (χ1n) is 6.58. The number of ether oxygens (including phenoxy) is 1. The normalized spacial score (nSPS) is 12.9. The van der Waals surface area contributed by atoms with Crippen LogP contribution in [-0.2, 0) is 4.74 Å². The summed E-state index contributed by atoms with van der Waals surface area (Å²) in [7, 11) is 0. The lowest BCUT2D eigenvalue weighted by molar-refractivity contribution is 0.138. The van der Waals surface area contributed by atoms with Gasteiger partial charge in [0.15, 0.2) is 0 Å². The number of rotatable bonds is 8. The van der Waals surface area contributed by atoms with Crippen LogP contribution < -0.4 is 0 Å². The van der Waals surface area contributed by atoms with Gasteiger partial charge < -0.3 is 9.84 Å². The lowest BCUT2D eigenvalue weighted by Gasteiger charge is -2.08. The predicted molar refractivity (Wildman–Crippen MR) is 78.1 cm³/mol. The van der Waals surface area contributed by atoms with Crippen molar-refractivity contribution in [2.45, 2.75) is 38.2 Å². The van der Waals surface area contributed by atoms with Crippen molar-refractivity contribution in [1.82, 2.24) is 0 Å². The SMILES string of the molecule is CC(C)CCOCCSc1cccc(C(C)O)c1. The maximum absolute atomic E-state index is 9.51. The third-order valence-corrected chi connectivity index (χ3v) is 3.63. The van der Waals surface area contributed by atoms with Crippen LogP contribution in [0.25, 0.3) is 0 Å². The van der Waals surface area contributed by atoms with Crippen molar-refractivity contribution >= 4 is 11.8 Å². The highest BCUT2D eigenvalue weighted by atomic mass is 32.2. The predicted octanol–water partition coefficient (Wildman–Crippen LogP) is 3.89. The molecule has 0 radical (unpaired) electrons. The molecule has 0 aromatic heterocycles. The highest BCUT2D eigenvalue weighted by Crippen LogP contribution is 2.22. The lowest BCUT2D eigenvalue weighted by atomic mass is 10.1. The van der Waals surface area contributed by atoms with Crippen molar-refractivity contribution in [2.24, 2.45) is 5.92 Å². The zero-order chi connectivity index (χ0) is 13.4. The average Bonchev–Trinajstić information content (AvgIpc) is 2.33. The molecule has 1 N–H and O–H groups in total. The molecule has 18 heavy (non-hydrogen) atoms. The third kappa shape index (κ3) is 6.43. The Hall–Kier alpha value is -0.510. The van der Waals surface area contributed by atoms with Gasteiger partial charge in [-0.05, 0) is 37.0 Å². The molecule has 0 spiro atoms. The van der Waals surface area contributed by atoms with E-state index in [2.05, 4.69) is 19.9 Å². The molecule has 0 amide bonds. The van der Waals surface area contributed by atoms with Crippen LogP contribution in [0.5, 0.6) is 0 Å². The topological polar surface area (TPSA) is 29.5 Å². The van der Waals surface area contributed by atoms with Gasteiger partial charge in [0, 0.05) is 17.3 Å². The molecule has 0 aliphatic rings. The second-order valence-corrected chi connectivity index (χ2v) is 6.06. The molecule has 0 aliphatic carbocycles. The van der Waals surface area contributed by atoms with Crippen molar-refractivity contribution in [3.63, 3.8) is 0 Å². The fraction of sp³-hybridized carbons (Fsp3) is 0.600. The fourth-order valence-electron chi connectivity index (χ4n) is 1.50. The van der Waals surface area contributed by atoms with Gasteiger partial charge in [0.1, 0.15) is 0 Å². The molecule has 0 bridgehead atoms. The first-order chi connectivity index (χ1) is 8.59. The summed E-state index contributed by atoms with van der Waals surface area (Å²) < 4.78 is 5.57. The summed E-state index contributed by atoms with van der Waals surface area (Å²) in [6.45, 7) is 7.85. The quantitative estimate of drug-likeness (QED) is 0.573. The van der Waals surface area contributed by atoms with Crippen LogP contribution in [0.4, 0.5) is 0 Å². The number of aliphatic hydroxyl groups is 1.